The highest BCUT2D eigenvalue weighted by atomic mass is 16.3. The molecular formula is C27H16N2O. The number of hydrogen-bond acceptors (Lipinski definition) is 2. The van der Waals surface area contributed by atoms with Crippen LogP contribution in [-0.4, -0.2) is 9.97 Å². The molecule has 0 radical (unpaired) electrons. The SMILES string of the molecule is c1ccc2cc(-c3nc4ccccc4c4oc5c6ccccc6[nH]c5c34)ccc2c1. The Morgan fingerprint density at radius 1 is 0.667 bits per heavy atom. The van der Waals surface area contributed by atoms with Crippen LogP contribution < -0.4 is 0 Å². The van der Waals surface area contributed by atoms with Crippen LogP contribution in [0.4, 0.5) is 0 Å². The normalized spacial score (nSPS) is 12.0. The van der Waals surface area contributed by atoms with Gasteiger partial charge in [-0.05, 0) is 41.1 Å². The van der Waals surface area contributed by atoms with Gasteiger partial charge >= 0.3 is 0 Å². The maximum absolute atomic E-state index is 6.50. The first-order valence-corrected chi connectivity index (χ1v) is 10.1. The Labute approximate surface area is 171 Å². The molecule has 3 heteroatoms. The van der Waals surface area contributed by atoms with Crippen molar-refractivity contribution in [1.82, 2.24) is 9.97 Å². The molecule has 3 aromatic heterocycles. The lowest BCUT2D eigenvalue weighted by Gasteiger charge is -2.07. The molecule has 140 valence electrons. The molecule has 7 rings (SSSR count). The van der Waals surface area contributed by atoms with E-state index < -0.39 is 0 Å². The second-order valence-electron chi connectivity index (χ2n) is 7.72. The highest BCUT2D eigenvalue weighted by Crippen LogP contribution is 2.41. The number of furan rings is 1. The van der Waals surface area contributed by atoms with Gasteiger partial charge in [-0.15, -0.1) is 0 Å². The number of pyridine rings is 1. The van der Waals surface area contributed by atoms with Crippen LogP contribution in [0.5, 0.6) is 0 Å². The van der Waals surface area contributed by atoms with Crippen molar-refractivity contribution in [2.45, 2.75) is 0 Å². The highest BCUT2D eigenvalue weighted by molar-refractivity contribution is 6.23. The predicted octanol–water partition coefficient (Wildman–Crippen LogP) is 7.44. The number of fused-ring (bicyclic) bond motifs is 8. The Morgan fingerprint density at radius 2 is 1.43 bits per heavy atom. The molecule has 0 spiro atoms. The van der Waals surface area contributed by atoms with E-state index in [1.807, 2.05) is 30.3 Å². The van der Waals surface area contributed by atoms with Crippen molar-refractivity contribution in [2.75, 3.05) is 0 Å². The van der Waals surface area contributed by atoms with Crippen LogP contribution in [0.25, 0.3) is 65.9 Å². The minimum atomic E-state index is 0.885. The standard InChI is InChI=1S/C27H16N2O/c1-2-8-17-15-18(14-13-16(17)7-1)24-23-25-27(20-10-4-6-12-22(20)29-25)30-26(23)19-9-3-5-11-21(19)28-24/h1-15,29H. The van der Waals surface area contributed by atoms with Gasteiger partial charge in [-0.3, -0.25) is 0 Å². The zero-order valence-electron chi connectivity index (χ0n) is 16.0. The van der Waals surface area contributed by atoms with Crippen molar-refractivity contribution in [1.29, 1.82) is 0 Å². The van der Waals surface area contributed by atoms with Gasteiger partial charge in [0.05, 0.1) is 22.1 Å². The van der Waals surface area contributed by atoms with Crippen molar-refractivity contribution < 1.29 is 4.42 Å². The Morgan fingerprint density at radius 3 is 2.37 bits per heavy atom. The highest BCUT2D eigenvalue weighted by Gasteiger charge is 2.20. The van der Waals surface area contributed by atoms with E-state index in [4.69, 9.17) is 9.40 Å². The van der Waals surface area contributed by atoms with E-state index in [1.54, 1.807) is 0 Å². The van der Waals surface area contributed by atoms with Gasteiger partial charge in [0, 0.05) is 21.9 Å². The van der Waals surface area contributed by atoms with Crippen molar-refractivity contribution in [3.05, 3.63) is 91.0 Å². The fourth-order valence-corrected chi connectivity index (χ4v) is 4.57. The first-order valence-electron chi connectivity index (χ1n) is 10.1. The third kappa shape index (κ3) is 2.06. The number of aromatic nitrogens is 2. The minimum Gasteiger partial charge on any atom is -0.453 e. The summed E-state index contributed by atoms with van der Waals surface area (Å²) in [5.41, 5.74) is 6.83. The number of nitrogens with zero attached hydrogens (tertiary/aromatic N) is 1. The average Bonchev–Trinajstić information content (AvgIpc) is 3.35. The molecule has 7 aromatic rings. The first-order chi connectivity index (χ1) is 14.9. The van der Waals surface area contributed by atoms with Gasteiger partial charge in [0.2, 0.25) is 0 Å². The largest absolute Gasteiger partial charge is 0.453 e. The van der Waals surface area contributed by atoms with Crippen LogP contribution in [0.2, 0.25) is 0 Å². The number of nitrogens with one attached hydrogen (secondary N) is 1. The van der Waals surface area contributed by atoms with Crippen LogP contribution in [0.1, 0.15) is 0 Å². The van der Waals surface area contributed by atoms with Gasteiger partial charge in [0.1, 0.15) is 5.58 Å². The summed E-state index contributed by atoms with van der Waals surface area (Å²) in [7, 11) is 0. The van der Waals surface area contributed by atoms with E-state index in [0.717, 1.165) is 55.1 Å². The number of para-hydroxylation sites is 2. The number of benzene rings is 4. The molecule has 0 bridgehead atoms. The predicted molar refractivity (Wildman–Crippen MR) is 124 cm³/mol. The zero-order chi connectivity index (χ0) is 19.7. The summed E-state index contributed by atoms with van der Waals surface area (Å²) in [6.07, 6.45) is 0. The van der Waals surface area contributed by atoms with E-state index in [-0.39, 0.29) is 0 Å². The molecule has 0 saturated heterocycles. The molecule has 30 heavy (non-hydrogen) atoms. The summed E-state index contributed by atoms with van der Waals surface area (Å²) < 4.78 is 6.50. The van der Waals surface area contributed by atoms with Gasteiger partial charge in [-0.1, -0.05) is 60.7 Å². The lowest BCUT2D eigenvalue weighted by Crippen LogP contribution is -1.88. The van der Waals surface area contributed by atoms with Gasteiger partial charge in [-0.25, -0.2) is 4.98 Å². The molecule has 0 aliphatic carbocycles. The van der Waals surface area contributed by atoms with E-state index in [9.17, 15) is 0 Å². The van der Waals surface area contributed by atoms with Crippen LogP contribution >= 0.6 is 0 Å². The number of hydrogen-bond donors (Lipinski definition) is 1. The number of aromatic amines is 1. The van der Waals surface area contributed by atoms with Crippen molar-refractivity contribution in [3.63, 3.8) is 0 Å². The van der Waals surface area contributed by atoms with Gasteiger partial charge in [-0.2, -0.15) is 0 Å². The van der Waals surface area contributed by atoms with Crippen LogP contribution in [-0.2, 0) is 0 Å². The molecule has 1 N–H and O–H groups in total. The molecule has 3 nitrogen and oxygen atoms in total. The summed E-state index contributed by atoms with van der Waals surface area (Å²) in [4.78, 5) is 8.67. The molecule has 0 atom stereocenters. The molecule has 0 fully saturated rings. The fourth-order valence-electron chi connectivity index (χ4n) is 4.57. The van der Waals surface area contributed by atoms with Crippen molar-refractivity contribution in [3.8, 4) is 11.3 Å². The third-order valence-electron chi connectivity index (χ3n) is 5.98. The minimum absolute atomic E-state index is 0.885. The average molecular weight is 384 g/mol. The van der Waals surface area contributed by atoms with Crippen LogP contribution in [0.3, 0.4) is 0 Å². The second kappa shape index (κ2) is 5.71. The van der Waals surface area contributed by atoms with Gasteiger partial charge < -0.3 is 9.40 Å². The van der Waals surface area contributed by atoms with Gasteiger partial charge in [0.15, 0.2) is 5.58 Å². The molecule has 0 unspecified atom stereocenters. The maximum atomic E-state index is 6.50. The lowest BCUT2D eigenvalue weighted by atomic mass is 10.0. The molecule has 3 heterocycles. The Kier molecular flexibility index (Phi) is 3.00. The summed E-state index contributed by atoms with van der Waals surface area (Å²) in [6, 6.07) is 31.4. The van der Waals surface area contributed by atoms with E-state index in [0.29, 0.717) is 0 Å². The van der Waals surface area contributed by atoms with E-state index in [2.05, 4.69) is 65.6 Å². The summed E-state index contributed by atoms with van der Waals surface area (Å²) in [5, 5.41) is 5.59. The smallest absolute Gasteiger partial charge is 0.161 e. The van der Waals surface area contributed by atoms with Crippen LogP contribution in [0, 0.1) is 0 Å². The molecular weight excluding hydrogens is 368 g/mol. The second-order valence-corrected chi connectivity index (χ2v) is 7.72. The maximum Gasteiger partial charge on any atom is 0.161 e. The summed E-state index contributed by atoms with van der Waals surface area (Å²) in [5.74, 6) is 0. The molecule has 0 amide bonds. The molecule has 0 aliphatic rings. The monoisotopic (exact) mass is 384 g/mol. The Hall–Kier alpha value is -4.11. The van der Waals surface area contributed by atoms with Crippen molar-refractivity contribution in [2.24, 2.45) is 0 Å². The van der Waals surface area contributed by atoms with Gasteiger partial charge in [0.25, 0.3) is 0 Å². The third-order valence-corrected chi connectivity index (χ3v) is 5.98. The Balaban J connectivity index is 1.68. The van der Waals surface area contributed by atoms with E-state index >= 15 is 0 Å². The summed E-state index contributed by atoms with van der Waals surface area (Å²) in [6.45, 7) is 0. The lowest BCUT2D eigenvalue weighted by molar-refractivity contribution is 0.676. The van der Waals surface area contributed by atoms with E-state index in [1.165, 1.54) is 10.8 Å². The Bertz CT molecular complexity index is 1750. The fraction of sp³-hybridized carbons (Fsp3) is 0. The first kappa shape index (κ1) is 15.8. The number of rotatable bonds is 1. The van der Waals surface area contributed by atoms with Crippen LogP contribution in [0.15, 0.2) is 95.4 Å². The molecule has 0 saturated carbocycles. The topological polar surface area (TPSA) is 41.8 Å². The quantitative estimate of drug-likeness (QED) is 0.320. The van der Waals surface area contributed by atoms with Crippen molar-refractivity contribution >= 4 is 54.6 Å². The zero-order valence-corrected chi connectivity index (χ0v) is 16.0. The summed E-state index contributed by atoms with van der Waals surface area (Å²) >= 11 is 0. The molecule has 4 aromatic carbocycles. The molecule has 0 aliphatic heterocycles. The number of H-pyrrole nitrogens is 1.